The van der Waals surface area contributed by atoms with Gasteiger partial charge in [0.05, 0.1) is 15.2 Å². The minimum Gasteiger partial charge on any atom is -0.269 e. The van der Waals surface area contributed by atoms with E-state index >= 15 is 0 Å². The lowest BCUT2D eigenvalue weighted by molar-refractivity contribution is 0.802. The number of hydrogen-bond acceptors (Lipinski definition) is 2. The van der Waals surface area contributed by atoms with Gasteiger partial charge in [0.2, 0.25) is 5.28 Å². The van der Waals surface area contributed by atoms with Gasteiger partial charge in [0.15, 0.2) is 0 Å². The Kier molecular flexibility index (Phi) is 4.07. The third kappa shape index (κ3) is 2.49. The average Bonchev–Trinajstić information content (AvgIpc) is 2.65. The first kappa shape index (κ1) is 12.9. The quantitative estimate of drug-likeness (QED) is 0.838. The highest BCUT2D eigenvalue weighted by atomic mass is 79.9. The maximum Gasteiger partial charge on any atom is 0.229 e. The smallest absolute Gasteiger partial charge is 0.229 e. The number of halogens is 3. The Morgan fingerprint density at radius 3 is 2.76 bits per heavy atom. The van der Waals surface area contributed by atoms with Gasteiger partial charge in [-0.15, -0.1) is 10.2 Å². The summed E-state index contributed by atoms with van der Waals surface area (Å²) in [6, 6.07) is 5.60. The summed E-state index contributed by atoms with van der Waals surface area (Å²) >= 11 is 15.6. The van der Waals surface area contributed by atoms with E-state index in [0.717, 1.165) is 28.8 Å². The monoisotopic (exact) mass is 333 g/mol. The Hall–Kier alpha value is -0.580. The van der Waals surface area contributed by atoms with Crippen LogP contribution >= 0.6 is 39.1 Å². The van der Waals surface area contributed by atoms with Crippen molar-refractivity contribution < 1.29 is 0 Å². The summed E-state index contributed by atoms with van der Waals surface area (Å²) < 4.78 is 2.60. The molecule has 0 radical (unpaired) electrons. The van der Waals surface area contributed by atoms with Crippen LogP contribution in [-0.2, 0) is 6.42 Å². The normalized spacial score (nSPS) is 10.8. The van der Waals surface area contributed by atoms with Gasteiger partial charge in [0.1, 0.15) is 5.82 Å². The van der Waals surface area contributed by atoms with E-state index in [9.17, 15) is 0 Å². The second kappa shape index (κ2) is 5.38. The fourth-order valence-corrected chi connectivity index (χ4v) is 2.42. The van der Waals surface area contributed by atoms with Gasteiger partial charge in [0.25, 0.3) is 0 Å². The predicted octanol–water partition coefficient (Wildman–Crippen LogP) is 4.29. The summed E-state index contributed by atoms with van der Waals surface area (Å²) in [6.45, 7) is 2.08. The Labute approximate surface area is 118 Å². The summed E-state index contributed by atoms with van der Waals surface area (Å²) in [7, 11) is 0. The van der Waals surface area contributed by atoms with E-state index in [1.807, 2.05) is 18.2 Å². The standard InChI is InChI=1S/C11H10BrCl2N3/c1-2-4-9-15-16-11(14)17(9)8-6-3-5-7(13)10(8)12/h3,5-6H,2,4H2,1H3. The minimum absolute atomic E-state index is 0.344. The molecule has 1 aromatic heterocycles. The van der Waals surface area contributed by atoms with Gasteiger partial charge in [-0.25, -0.2) is 0 Å². The minimum atomic E-state index is 0.344. The van der Waals surface area contributed by atoms with Gasteiger partial charge in [-0.05, 0) is 46.1 Å². The molecule has 1 aromatic carbocycles. The molecule has 0 saturated carbocycles. The Bertz CT molecular complexity index is 540. The van der Waals surface area contributed by atoms with Crippen molar-refractivity contribution >= 4 is 39.1 Å². The largest absolute Gasteiger partial charge is 0.269 e. The molecule has 0 saturated heterocycles. The van der Waals surface area contributed by atoms with Crippen molar-refractivity contribution in [1.82, 2.24) is 14.8 Å². The molecule has 0 atom stereocenters. The van der Waals surface area contributed by atoms with Crippen molar-refractivity contribution in [3.8, 4) is 5.69 Å². The molecule has 1 heterocycles. The number of benzene rings is 1. The van der Waals surface area contributed by atoms with Crippen molar-refractivity contribution in [3.63, 3.8) is 0 Å². The molecule has 90 valence electrons. The highest BCUT2D eigenvalue weighted by Gasteiger charge is 2.14. The van der Waals surface area contributed by atoms with Crippen LogP contribution in [0.4, 0.5) is 0 Å². The molecule has 0 aliphatic heterocycles. The van der Waals surface area contributed by atoms with E-state index in [1.54, 1.807) is 4.57 Å². The van der Waals surface area contributed by atoms with Crippen LogP contribution in [0.15, 0.2) is 22.7 Å². The van der Waals surface area contributed by atoms with Crippen molar-refractivity contribution in [2.45, 2.75) is 19.8 Å². The molecular weight excluding hydrogens is 325 g/mol. The lowest BCUT2D eigenvalue weighted by Gasteiger charge is -2.10. The predicted molar refractivity (Wildman–Crippen MR) is 73.1 cm³/mol. The van der Waals surface area contributed by atoms with Gasteiger partial charge in [0, 0.05) is 6.42 Å². The van der Waals surface area contributed by atoms with Crippen molar-refractivity contribution in [2.24, 2.45) is 0 Å². The third-order valence-corrected chi connectivity index (χ3v) is 3.96. The molecule has 0 N–H and O–H groups in total. The van der Waals surface area contributed by atoms with E-state index < -0.39 is 0 Å². The molecule has 0 bridgehead atoms. The maximum absolute atomic E-state index is 6.07. The van der Waals surface area contributed by atoms with E-state index in [0.29, 0.717) is 10.3 Å². The van der Waals surface area contributed by atoms with E-state index in [-0.39, 0.29) is 0 Å². The topological polar surface area (TPSA) is 30.7 Å². The van der Waals surface area contributed by atoms with Gasteiger partial charge >= 0.3 is 0 Å². The van der Waals surface area contributed by atoms with Crippen LogP contribution in [-0.4, -0.2) is 14.8 Å². The van der Waals surface area contributed by atoms with Crippen LogP contribution in [0.2, 0.25) is 10.3 Å². The number of aromatic nitrogens is 3. The molecule has 0 aliphatic rings. The fraction of sp³-hybridized carbons (Fsp3) is 0.273. The zero-order chi connectivity index (χ0) is 12.4. The molecule has 6 heteroatoms. The van der Waals surface area contributed by atoms with Crippen LogP contribution in [0.25, 0.3) is 5.69 Å². The van der Waals surface area contributed by atoms with Crippen LogP contribution in [0.3, 0.4) is 0 Å². The lowest BCUT2D eigenvalue weighted by atomic mass is 10.3. The van der Waals surface area contributed by atoms with Crippen LogP contribution in [0.1, 0.15) is 19.2 Å². The molecule has 0 spiro atoms. The van der Waals surface area contributed by atoms with Crippen molar-refractivity contribution in [3.05, 3.63) is 38.8 Å². The zero-order valence-corrected chi connectivity index (χ0v) is 12.2. The highest BCUT2D eigenvalue weighted by Crippen LogP contribution is 2.31. The average molecular weight is 335 g/mol. The van der Waals surface area contributed by atoms with Gasteiger partial charge in [-0.1, -0.05) is 24.6 Å². The molecular formula is C11H10BrCl2N3. The number of aryl methyl sites for hydroxylation is 1. The maximum atomic E-state index is 6.07. The number of rotatable bonds is 3. The highest BCUT2D eigenvalue weighted by molar-refractivity contribution is 9.10. The van der Waals surface area contributed by atoms with E-state index in [1.165, 1.54) is 0 Å². The molecule has 2 rings (SSSR count). The van der Waals surface area contributed by atoms with Gasteiger partial charge in [-0.3, -0.25) is 4.57 Å². The van der Waals surface area contributed by atoms with Gasteiger partial charge in [-0.2, -0.15) is 0 Å². The number of nitrogens with zero attached hydrogens (tertiary/aromatic N) is 3. The van der Waals surface area contributed by atoms with E-state index in [4.69, 9.17) is 23.2 Å². The first-order valence-electron chi connectivity index (χ1n) is 5.19. The third-order valence-electron chi connectivity index (χ3n) is 2.34. The fourth-order valence-electron chi connectivity index (χ4n) is 1.58. The second-order valence-corrected chi connectivity index (χ2v) is 5.08. The van der Waals surface area contributed by atoms with E-state index in [2.05, 4.69) is 33.1 Å². The number of hydrogen-bond donors (Lipinski definition) is 0. The first-order chi connectivity index (χ1) is 8.15. The summed E-state index contributed by atoms with van der Waals surface area (Å²) in [5, 5.41) is 8.94. The SMILES string of the molecule is CCCc1nnc(Cl)n1-c1cccc(Cl)c1Br. The summed E-state index contributed by atoms with van der Waals surface area (Å²) in [5.41, 5.74) is 0.857. The first-order valence-corrected chi connectivity index (χ1v) is 6.74. The molecule has 3 nitrogen and oxygen atoms in total. The second-order valence-electron chi connectivity index (χ2n) is 3.54. The van der Waals surface area contributed by atoms with Crippen molar-refractivity contribution in [2.75, 3.05) is 0 Å². The molecule has 0 aliphatic carbocycles. The van der Waals surface area contributed by atoms with Gasteiger partial charge < -0.3 is 0 Å². The summed E-state index contributed by atoms with van der Waals surface area (Å²) in [5.74, 6) is 0.834. The van der Waals surface area contributed by atoms with Crippen LogP contribution < -0.4 is 0 Å². The Morgan fingerprint density at radius 1 is 1.29 bits per heavy atom. The Morgan fingerprint density at radius 2 is 2.06 bits per heavy atom. The summed E-state index contributed by atoms with van der Waals surface area (Å²) in [6.07, 6.45) is 1.80. The van der Waals surface area contributed by atoms with Crippen LogP contribution in [0, 0.1) is 0 Å². The lowest BCUT2D eigenvalue weighted by Crippen LogP contribution is -2.02. The Balaban J connectivity index is 2.59. The molecule has 17 heavy (non-hydrogen) atoms. The molecule has 2 aromatic rings. The molecule has 0 unspecified atom stereocenters. The molecule has 0 fully saturated rings. The van der Waals surface area contributed by atoms with Crippen LogP contribution in [0.5, 0.6) is 0 Å². The zero-order valence-electron chi connectivity index (χ0n) is 9.12. The molecule has 0 amide bonds. The van der Waals surface area contributed by atoms with Crippen molar-refractivity contribution in [1.29, 1.82) is 0 Å². The summed E-state index contributed by atoms with van der Waals surface area (Å²) in [4.78, 5) is 0.